The van der Waals surface area contributed by atoms with Gasteiger partial charge in [0.25, 0.3) is 0 Å². The molecule has 1 aliphatic heterocycles. The molecule has 21 heavy (non-hydrogen) atoms. The Balaban J connectivity index is 1.83. The van der Waals surface area contributed by atoms with Gasteiger partial charge in [0, 0.05) is 12.6 Å². The third kappa shape index (κ3) is 5.09. The molecule has 0 amide bonds. The van der Waals surface area contributed by atoms with Gasteiger partial charge in [-0.05, 0) is 36.8 Å². The summed E-state index contributed by atoms with van der Waals surface area (Å²) in [7, 11) is -3.22. The van der Waals surface area contributed by atoms with Crippen LogP contribution in [0.15, 0.2) is 30.3 Å². The molecule has 1 atom stereocenters. The average Bonchev–Trinajstić information content (AvgIpc) is 2.45. The zero-order chi connectivity index (χ0) is 15.3. The monoisotopic (exact) mass is 310 g/mol. The van der Waals surface area contributed by atoms with Crippen LogP contribution >= 0.6 is 0 Å². The van der Waals surface area contributed by atoms with E-state index in [0.29, 0.717) is 13.0 Å². The first-order valence-corrected chi connectivity index (χ1v) is 9.29. The van der Waals surface area contributed by atoms with Gasteiger partial charge in [-0.3, -0.25) is 0 Å². The molecule has 0 saturated carbocycles. The average molecular weight is 310 g/mol. The highest BCUT2D eigenvalue weighted by Crippen LogP contribution is 2.29. The van der Waals surface area contributed by atoms with Crippen LogP contribution in [0.3, 0.4) is 0 Å². The van der Waals surface area contributed by atoms with Crippen LogP contribution in [0.25, 0.3) is 0 Å². The second kappa shape index (κ2) is 6.90. The normalized spacial score (nSPS) is 22.1. The van der Waals surface area contributed by atoms with Crippen molar-refractivity contribution >= 4 is 10.0 Å². The van der Waals surface area contributed by atoms with E-state index in [1.165, 1.54) is 0 Å². The van der Waals surface area contributed by atoms with E-state index in [0.717, 1.165) is 24.9 Å². The van der Waals surface area contributed by atoms with Gasteiger partial charge in [-0.15, -0.1) is 0 Å². The molecule has 0 spiro atoms. The van der Waals surface area contributed by atoms with Crippen LogP contribution in [0.1, 0.15) is 32.3 Å². The Bertz CT molecular complexity index is 541. The zero-order valence-electron chi connectivity index (χ0n) is 12.9. The summed E-state index contributed by atoms with van der Waals surface area (Å²) in [6, 6.07) is 9.93. The van der Waals surface area contributed by atoms with Crippen molar-refractivity contribution in [3.63, 3.8) is 0 Å². The Labute approximate surface area is 128 Å². The lowest BCUT2D eigenvalue weighted by atomic mass is 9.78. The summed E-state index contributed by atoms with van der Waals surface area (Å²) in [5.74, 6) is 0.143. The summed E-state index contributed by atoms with van der Waals surface area (Å²) in [6.07, 6.45) is 2.85. The first-order chi connectivity index (χ1) is 9.89. The van der Waals surface area contributed by atoms with E-state index in [4.69, 9.17) is 0 Å². The highest BCUT2D eigenvalue weighted by atomic mass is 32.2. The fourth-order valence-electron chi connectivity index (χ4n) is 2.80. The van der Waals surface area contributed by atoms with Crippen molar-refractivity contribution in [1.29, 1.82) is 0 Å². The number of sulfonamides is 1. The molecule has 1 fully saturated rings. The van der Waals surface area contributed by atoms with Crippen molar-refractivity contribution in [2.75, 3.05) is 18.8 Å². The molecular formula is C16H26N2O2S. The molecule has 1 heterocycles. The number of rotatable bonds is 6. The van der Waals surface area contributed by atoms with Crippen LogP contribution in [0.2, 0.25) is 0 Å². The largest absolute Gasteiger partial charge is 0.312 e. The van der Waals surface area contributed by atoms with Gasteiger partial charge in [-0.2, -0.15) is 0 Å². The third-order valence-electron chi connectivity index (χ3n) is 4.34. The number of hydrogen-bond donors (Lipinski definition) is 2. The first kappa shape index (κ1) is 16.5. The maximum absolute atomic E-state index is 12.1. The predicted octanol–water partition coefficient (Wildman–Crippen LogP) is 1.93. The first-order valence-electron chi connectivity index (χ1n) is 7.64. The van der Waals surface area contributed by atoms with Crippen LogP contribution in [0, 0.1) is 5.41 Å². The van der Waals surface area contributed by atoms with Gasteiger partial charge in [0.15, 0.2) is 0 Å². The van der Waals surface area contributed by atoms with Crippen LogP contribution in [0.4, 0.5) is 0 Å². The molecule has 0 aliphatic carbocycles. The van der Waals surface area contributed by atoms with E-state index in [9.17, 15) is 8.42 Å². The van der Waals surface area contributed by atoms with Crippen molar-refractivity contribution in [3.8, 4) is 0 Å². The summed E-state index contributed by atoms with van der Waals surface area (Å²) in [6.45, 7) is 5.84. The standard InChI is InChI=1S/C16H26N2O2S/c1-16(2)10-6-11-17-15(16)13-18-21(19,20)12-9-14-7-4-3-5-8-14/h3-5,7-8,15,17-18H,6,9-13H2,1-2H3. The lowest BCUT2D eigenvalue weighted by molar-refractivity contribution is 0.181. The molecule has 0 aromatic heterocycles. The Morgan fingerprint density at radius 3 is 2.67 bits per heavy atom. The van der Waals surface area contributed by atoms with Crippen molar-refractivity contribution in [2.45, 2.75) is 39.2 Å². The minimum absolute atomic E-state index is 0.139. The molecule has 0 bridgehead atoms. The minimum atomic E-state index is -3.22. The molecular weight excluding hydrogens is 284 g/mol. The number of nitrogens with one attached hydrogen (secondary N) is 2. The molecule has 0 radical (unpaired) electrons. The SMILES string of the molecule is CC1(C)CCCNC1CNS(=O)(=O)CCc1ccccc1. The summed E-state index contributed by atoms with van der Waals surface area (Å²) in [5.41, 5.74) is 1.19. The quantitative estimate of drug-likeness (QED) is 0.844. The van der Waals surface area contributed by atoms with Crippen molar-refractivity contribution in [1.82, 2.24) is 10.0 Å². The predicted molar refractivity (Wildman–Crippen MR) is 86.7 cm³/mol. The molecule has 1 aliphatic rings. The Morgan fingerprint density at radius 1 is 1.29 bits per heavy atom. The summed E-state index contributed by atoms with van der Waals surface area (Å²) in [4.78, 5) is 0. The van der Waals surface area contributed by atoms with Gasteiger partial charge in [-0.25, -0.2) is 13.1 Å². The van der Waals surface area contributed by atoms with Gasteiger partial charge in [-0.1, -0.05) is 44.2 Å². The third-order valence-corrected chi connectivity index (χ3v) is 5.69. The zero-order valence-corrected chi connectivity index (χ0v) is 13.7. The number of hydrogen-bond acceptors (Lipinski definition) is 3. The maximum Gasteiger partial charge on any atom is 0.211 e. The number of aryl methyl sites for hydroxylation is 1. The van der Waals surface area contributed by atoms with Crippen LogP contribution in [0.5, 0.6) is 0 Å². The Morgan fingerprint density at radius 2 is 2.00 bits per heavy atom. The van der Waals surface area contributed by atoms with E-state index in [1.54, 1.807) is 0 Å². The Hall–Kier alpha value is -0.910. The fourth-order valence-corrected chi connectivity index (χ4v) is 3.87. The lowest BCUT2D eigenvalue weighted by Gasteiger charge is -2.39. The van der Waals surface area contributed by atoms with Crippen LogP contribution in [-0.4, -0.2) is 33.3 Å². The fraction of sp³-hybridized carbons (Fsp3) is 0.625. The smallest absolute Gasteiger partial charge is 0.211 e. The van der Waals surface area contributed by atoms with Gasteiger partial charge in [0.05, 0.1) is 5.75 Å². The molecule has 1 saturated heterocycles. The molecule has 1 unspecified atom stereocenters. The van der Waals surface area contributed by atoms with E-state index in [2.05, 4.69) is 23.9 Å². The highest BCUT2D eigenvalue weighted by molar-refractivity contribution is 7.89. The van der Waals surface area contributed by atoms with Crippen molar-refractivity contribution in [2.24, 2.45) is 5.41 Å². The summed E-state index contributed by atoms with van der Waals surface area (Å²) in [5, 5.41) is 3.43. The molecule has 1 aromatic carbocycles. The van der Waals surface area contributed by atoms with Gasteiger partial charge in [0.2, 0.25) is 10.0 Å². The van der Waals surface area contributed by atoms with Gasteiger partial charge >= 0.3 is 0 Å². The van der Waals surface area contributed by atoms with Crippen LogP contribution < -0.4 is 10.0 Å². The van der Waals surface area contributed by atoms with Gasteiger partial charge in [0.1, 0.15) is 0 Å². The number of benzene rings is 1. The molecule has 4 nitrogen and oxygen atoms in total. The molecule has 5 heteroatoms. The molecule has 118 valence electrons. The number of piperidine rings is 1. The van der Waals surface area contributed by atoms with E-state index in [1.807, 2.05) is 30.3 Å². The van der Waals surface area contributed by atoms with E-state index in [-0.39, 0.29) is 17.2 Å². The second-order valence-corrected chi connectivity index (χ2v) is 8.43. The van der Waals surface area contributed by atoms with E-state index >= 15 is 0 Å². The summed E-state index contributed by atoms with van der Waals surface area (Å²) >= 11 is 0. The van der Waals surface area contributed by atoms with Crippen molar-refractivity contribution in [3.05, 3.63) is 35.9 Å². The van der Waals surface area contributed by atoms with Crippen LogP contribution in [-0.2, 0) is 16.4 Å². The van der Waals surface area contributed by atoms with Gasteiger partial charge < -0.3 is 5.32 Å². The molecule has 1 aromatic rings. The lowest BCUT2D eigenvalue weighted by Crippen LogP contribution is -2.53. The second-order valence-electron chi connectivity index (χ2n) is 6.50. The molecule has 2 N–H and O–H groups in total. The topological polar surface area (TPSA) is 58.2 Å². The minimum Gasteiger partial charge on any atom is -0.312 e. The molecule has 2 rings (SSSR count). The van der Waals surface area contributed by atoms with Crippen molar-refractivity contribution < 1.29 is 8.42 Å². The highest BCUT2D eigenvalue weighted by Gasteiger charge is 2.32. The van der Waals surface area contributed by atoms with E-state index < -0.39 is 10.0 Å². The summed E-state index contributed by atoms with van der Waals surface area (Å²) < 4.78 is 27.0. The maximum atomic E-state index is 12.1. The Kier molecular flexibility index (Phi) is 5.41.